The van der Waals surface area contributed by atoms with Gasteiger partial charge < -0.3 is 9.47 Å². The van der Waals surface area contributed by atoms with Crippen LogP contribution in [0.2, 0.25) is 0 Å². The minimum absolute atomic E-state index is 0.175. The summed E-state index contributed by atoms with van der Waals surface area (Å²) in [6.07, 6.45) is -3.27. The Morgan fingerprint density at radius 2 is 1.94 bits per heavy atom. The van der Waals surface area contributed by atoms with Gasteiger partial charge in [-0.2, -0.15) is 23.5 Å². The lowest BCUT2D eigenvalue weighted by atomic mass is 10.1. The molecule has 0 bridgehead atoms. The molecule has 2 aromatic carbocycles. The molecule has 3 rings (SSSR count). The summed E-state index contributed by atoms with van der Waals surface area (Å²) in [5.74, 6) is 0.118. The molecule has 0 atom stereocenters. The van der Waals surface area contributed by atoms with Crippen molar-refractivity contribution in [2.24, 2.45) is 5.10 Å². The van der Waals surface area contributed by atoms with Gasteiger partial charge in [-0.25, -0.2) is 4.98 Å². The molecule has 35 heavy (non-hydrogen) atoms. The summed E-state index contributed by atoms with van der Waals surface area (Å²) >= 11 is 0. The number of rotatable bonds is 8. The molecular weight excluding hydrogens is 467 g/mol. The number of anilines is 1. The fourth-order valence-corrected chi connectivity index (χ4v) is 3.06. The van der Waals surface area contributed by atoms with Crippen LogP contribution in [0.5, 0.6) is 11.5 Å². The van der Waals surface area contributed by atoms with Crippen molar-refractivity contribution in [3.05, 3.63) is 86.6 Å². The van der Waals surface area contributed by atoms with Crippen LogP contribution >= 0.6 is 0 Å². The van der Waals surface area contributed by atoms with Gasteiger partial charge in [0.1, 0.15) is 17.4 Å². The SMILES string of the molecule is COCc1cc(C)nc(N/N=C/c2ccc(Oc3ccc(C(F)(F)F)cc3[N+](=O)[O-])cc2)c1C#N. The second kappa shape index (κ2) is 10.6. The minimum atomic E-state index is -4.72. The Labute approximate surface area is 197 Å². The first kappa shape index (κ1) is 25.1. The Morgan fingerprint density at radius 3 is 2.54 bits per heavy atom. The van der Waals surface area contributed by atoms with Gasteiger partial charge in [-0.15, -0.1) is 0 Å². The van der Waals surface area contributed by atoms with Gasteiger partial charge in [-0.1, -0.05) is 0 Å². The highest BCUT2D eigenvalue weighted by Gasteiger charge is 2.33. The third-order valence-electron chi connectivity index (χ3n) is 4.62. The molecule has 180 valence electrons. The van der Waals surface area contributed by atoms with Gasteiger partial charge in [-0.05, 0) is 55.0 Å². The molecule has 3 aromatic rings. The molecule has 0 saturated heterocycles. The molecule has 0 radical (unpaired) electrons. The van der Waals surface area contributed by atoms with Gasteiger partial charge in [-0.3, -0.25) is 15.5 Å². The molecule has 0 spiro atoms. The van der Waals surface area contributed by atoms with E-state index in [9.17, 15) is 28.5 Å². The lowest BCUT2D eigenvalue weighted by Gasteiger charge is -2.10. The van der Waals surface area contributed by atoms with Crippen LogP contribution in [-0.4, -0.2) is 23.2 Å². The van der Waals surface area contributed by atoms with E-state index < -0.39 is 22.4 Å². The second-order valence-corrected chi connectivity index (χ2v) is 7.17. The van der Waals surface area contributed by atoms with E-state index >= 15 is 0 Å². The van der Waals surface area contributed by atoms with Crippen molar-refractivity contribution in [3.8, 4) is 17.6 Å². The standard InChI is InChI=1S/C23H18F3N5O4/c1-14-9-16(13-34-2)19(11-27)22(29-14)30-28-12-15-3-6-18(7-4-15)35-21-8-5-17(23(24,25)26)10-20(21)31(32)33/h3-10,12H,13H2,1-2H3,(H,29,30)/b28-12+. The van der Waals surface area contributed by atoms with Gasteiger partial charge in [0.25, 0.3) is 0 Å². The molecule has 1 aromatic heterocycles. The highest BCUT2D eigenvalue weighted by molar-refractivity contribution is 5.80. The molecule has 12 heteroatoms. The van der Waals surface area contributed by atoms with Gasteiger partial charge in [0.05, 0.1) is 23.3 Å². The minimum Gasteiger partial charge on any atom is -0.450 e. The number of pyridine rings is 1. The van der Waals surface area contributed by atoms with Crippen LogP contribution in [0.15, 0.2) is 53.6 Å². The number of hydrogen-bond acceptors (Lipinski definition) is 8. The lowest BCUT2D eigenvalue weighted by Crippen LogP contribution is -2.06. The molecule has 0 fully saturated rings. The highest BCUT2D eigenvalue weighted by Crippen LogP contribution is 2.37. The quantitative estimate of drug-likeness (QED) is 0.251. The molecule has 0 aliphatic rings. The van der Waals surface area contributed by atoms with Crippen LogP contribution in [0.4, 0.5) is 24.7 Å². The van der Waals surface area contributed by atoms with Crippen LogP contribution in [-0.2, 0) is 17.5 Å². The number of nitriles is 1. The van der Waals surface area contributed by atoms with Crippen molar-refractivity contribution in [1.82, 2.24) is 4.98 Å². The smallest absolute Gasteiger partial charge is 0.416 e. The first-order valence-corrected chi connectivity index (χ1v) is 9.94. The molecule has 0 unspecified atom stereocenters. The number of nitrogens with one attached hydrogen (secondary N) is 1. The third-order valence-corrected chi connectivity index (χ3v) is 4.62. The predicted molar refractivity (Wildman–Crippen MR) is 120 cm³/mol. The van der Waals surface area contributed by atoms with Crippen molar-refractivity contribution in [2.45, 2.75) is 19.7 Å². The van der Waals surface area contributed by atoms with E-state index in [0.29, 0.717) is 34.5 Å². The Balaban J connectivity index is 1.74. The number of halogens is 3. The van der Waals surface area contributed by atoms with E-state index in [2.05, 4.69) is 21.6 Å². The summed E-state index contributed by atoms with van der Waals surface area (Å²) in [5, 5.41) is 24.7. The van der Waals surface area contributed by atoms with Crippen molar-refractivity contribution >= 4 is 17.7 Å². The Bertz CT molecular complexity index is 1300. The molecule has 0 amide bonds. The molecule has 0 saturated carbocycles. The van der Waals surface area contributed by atoms with Gasteiger partial charge in [0, 0.05) is 24.4 Å². The molecular formula is C23H18F3N5O4. The number of alkyl halides is 3. The van der Waals surface area contributed by atoms with E-state index in [1.807, 2.05) is 0 Å². The highest BCUT2D eigenvalue weighted by atomic mass is 19.4. The van der Waals surface area contributed by atoms with Crippen molar-refractivity contribution < 1.29 is 27.6 Å². The van der Waals surface area contributed by atoms with Gasteiger partial charge >= 0.3 is 11.9 Å². The number of nitro groups is 1. The van der Waals surface area contributed by atoms with Crippen LogP contribution in [0, 0.1) is 28.4 Å². The predicted octanol–water partition coefficient (Wildman–Crippen LogP) is 5.57. The van der Waals surface area contributed by atoms with Gasteiger partial charge in [0.15, 0.2) is 5.82 Å². The van der Waals surface area contributed by atoms with Crippen molar-refractivity contribution in [2.75, 3.05) is 12.5 Å². The number of benzene rings is 2. The number of aryl methyl sites for hydroxylation is 1. The normalized spacial score (nSPS) is 11.3. The zero-order chi connectivity index (χ0) is 25.6. The van der Waals surface area contributed by atoms with E-state index in [1.165, 1.54) is 25.5 Å². The summed E-state index contributed by atoms with van der Waals surface area (Å²) in [4.78, 5) is 14.5. The number of aromatic nitrogens is 1. The van der Waals surface area contributed by atoms with E-state index in [0.717, 1.165) is 6.07 Å². The van der Waals surface area contributed by atoms with E-state index in [-0.39, 0.29) is 23.9 Å². The second-order valence-electron chi connectivity index (χ2n) is 7.17. The Kier molecular flexibility index (Phi) is 7.62. The fraction of sp³-hybridized carbons (Fsp3) is 0.174. The van der Waals surface area contributed by atoms with E-state index in [1.54, 1.807) is 25.1 Å². The maximum absolute atomic E-state index is 12.9. The van der Waals surface area contributed by atoms with E-state index in [4.69, 9.17) is 9.47 Å². The average Bonchev–Trinajstić information content (AvgIpc) is 2.80. The summed E-state index contributed by atoms with van der Waals surface area (Å²) in [6.45, 7) is 2.01. The molecule has 0 aliphatic heterocycles. The van der Waals surface area contributed by atoms with Crippen LogP contribution in [0.1, 0.15) is 27.9 Å². The molecule has 9 nitrogen and oxygen atoms in total. The zero-order valence-corrected chi connectivity index (χ0v) is 18.5. The molecule has 1 N–H and O–H groups in total. The van der Waals surface area contributed by atoms with Crippen molar-refractivity contribution in [3.63, 3.8) is 0 Å². The number of nitro benzene ring substituents is 1. The van der Waals surface area contributed by atoms with Gasteiger partial charge in [0.2, 0.25) is 5.75 Å². The lowest BCUT2D eigenvalue weighted by molar-refractivity contribution is -0.385. The fourth-order valence-electron chi connectivity index (χ4n) is 3.06. The molecule has 0 aliphatic carbocycles. The first-order chi connectivity index (χ1) is 16.6. The summed E-state index contributed by atoms with van der Waals surface area (Å²) < 4.78 is 49.1. The number of methoxy groups -OCH3 is 1. The van der Waals surface area contributed by atoms with Crippen LogP contribution in [0.3, 0.4) is 0 Å². The maximum atomic E-state index is 12.9. The summed E-state index contributed by atoms with van der Waals surface area (Å²) in [6, 6.07) is 12.0. The molecule has 1 heterocycles. The zero-order valence-electron chi connectivity index (χ0n) is 18.5. The third kappa shape index (κ3) is 6.30. The largest absolute Gasteiger partial charge is 0.450 e. The number of ether oxygens (including phenoxy) is 2. The summed E-state index contributed by atoms with van der Waals surface area (Å²) in [5.41, 5.74) is 3.02. The first-order valence-electron chi connectivity index (χ1n) is 9.94. The maximum Gasteiger partial charge on any atom is 0.416 e. The summed E-state index contributed by atoms with van der Waals surface area (Å²) in [7, 11) is 1.52. The number of hydrogen-bond donors (Lipinski definition) is 1. The average molecular weight is 485 g/mol. The van der Waals surface area contributed by atoms with Crippen LogP contribution < -0.4 is 10.2 Å². The topological polar surface area (TPSA) is 123 Å². The number of nitrogens with zero attached hydrogens (tertiary/aromatic N) is 4. The Hall–Kier alpha value is -4.50. The van der Waals surface area contributed by atoms with Crippen LogP contribution in [0.25, 0.3) is 0 Å². The van der Waals surface area contributed by atoms with Crippen molar-refractivity contribution in [1.29, 1.82) is 5.26 Å². The number of hydrazone groups is 1. The Morgan fingerprint density at radius 1 is 1.23 bits per heavy atom. The monoisotopic (exact) mass is 485 g/mol.